The Morgan fingerprint density at radius 1 is 1.27 bits per heavy atom. The lowest BCUT2D eigenvalue weighted by molar-refractivity contribution is -0.153. The fraction of sp³-hybridized carbons (Fsp3) is 0.500. The van der Waals surface area contributed by atoms with Crippen molar-refractivity contribution in [3.8, 4) is 0 Å². The molecule has 1 aromatic rings. The number of halogens is 1. The lowest BCUT2D eigenvalue weighted by atomic mass is 9.91. The third-order valence-electron chi connectivity index (χ3n) is 4.65. The Balaban J connectivity index is 1.93. The first-order valence-corrected chi connectivity index (χ1v) is 8.74. The Kier molecular flexibility index (Phi) is 5.51. The van der Waals surface area contributed by atoms with Crippen molar-refractivity contribution in [2.45, 2.75) is 13.0 Å². The normalized spacial score (nSPS) is 24.0. The minimum atomic E-state index is -1.09. The molecule has 2 aliphatic rings. The van der Waals surface area contributed by atoms with Gasteiger partial charge in [0.2, 0.25) is 11.9 Å². The van der Waals surface area contributed by atoms with E-state index >= 15 is 0 Å². The summed E-state index contributed by atoms with van der Waals surface area (Å²) in [5.41, 5.74) is 0.603. The Morgan fingerprint density at radius 2 is 1.92 bits per heavy atom. The van der Waals surface area contributed by atoms with Crippen LogP contribution in [0.25, 0.3) is 0 Å². The van der Waals surface area contributed by atoms with Crippen molar-refractivity contribution < 1.29 is 18.7 Å². The number of hydrogen-bond acceptors (Lipinski definition) is 6. The molecule has 1 N–H and O–H groups in total. The highest BCUT2D eigenvalue weighted by Gasteiger charge is 2.42. The van der Waals surface area contributed by atoms with E-state index in [1.165, 1.54) is 12.1 Å². The van der Waals surface area contributed by atoms with E-state index in [9.17, 15) is 14.0 Å². The molecule has 0 saturated carbocycles. The van der Waals surface area contributed by atoms with Crippen molar-refractivity contribution in [2.75, 3.05) is 39.8 Å². The fourth-order valence-electron chi connectivity index (χ4n) is 3.14. The van der Waals surface area contributed by atoms with Crippen molar-refractivity contribution in [3.63, 3.8) is 0 Å². The van der Waals surface area contributed by atoms with Gasteiger partial charge < -0.3 is 14.5 Å². The molecule has 3 rings (SSSR count). The number of amides is 1. The van der Waals surface area contributed by atoms with E-state index in [4.69, 9.17) is 4.74 Å². The van der Waals surface area contributed by atoms with Crippen molar-refractivity contribution in [3.05, 3.63) is 35.6 Å². The second-order valence-corrected chi connectivity index (χ2v) is 6.46. The van der Waals surface area contributed by atoms with Crippen LogP contribution in [-0.4, -0.2) is 67.5 Å². The molecule has 2 atom stereocenters. The zero-order valence-electron chi connectivity index (χ0n) is 14.9. The molecule has 1 saturated heterocycles. The van der Waals surface area contributed by atoms with Crippen LogP contribution in [-0.2, 0) is 14.3 Å². The van der Waals surface area contributed by atoms with E-state index in [0.717, 1.165) is 26.2 Å². The molecule has 8 heteroatoms. The minimum absolute atomic E-state index is 0.174. The molecule has 1 fully saturated rings. The van der Waals surface area contributed by atoms with Gasteiger partial charge in [-0.05, 0) is 31.7 Å². The molecular weight excluding hydrogens is 339 g/mol. The minimum Gasteiger partial charge on any atom is -0.465 e. The smallest absolute Gasteiger partial charge is 0.321 e. The van der Waals surface area contributed by atoms with Gasteiger partial charge in [-0.2, -0.15) is 0 Å². The maximum atomic E-state index is 13.3. The third-order valence-corrected chi connectivity index (χ3v) is 4.65. The molecule has 0 spiro atoms. The van der Waals surface area contributed by atoms with Gasteiger partial charge in [0.1, 0.15) is 11.9 Å². The van der Waals surface area contributed by atoms with E-state index in [1.54, 1.807) is 19.1 Å². The van der Waals surface area contributed by atoms with Gasteiger partial charge in [0.15, 0.2) is 5.92 Å². The van der Waals surface area contributed by atoms with Crippen molar-refractivity contribution in [2.24, 2.45) is 10.9 Å². The second kappa shape index (κ2) is 7.82. The van der Waals surface area contributed by atoms with Gasteiger partial charge >= 0.3 is 5.97 Å². The van der Waals surface area contributed by atoms with Crippen LogP contribution < -0.4 is 5.32 Å². The Bertz CT molecular complexity index is 699. The predicted octanol–water partition coefficient (Wildman–Crippen LogP) is 0.779. The molecule has 0 radical (unpaired) electrons. The van der Waals surface area contributed by atoms with Gasteiger partial charge in [-0.15, -0.1) is 0 Å². The largest absolute Gasteiger partial charge is 0.465 e. The van der Waals surface area contributed by atoms with Gasteiger partial charge in [0.05, 0.1) is 6.61 Å². The highest BCUT2D eigenvalue weighted by molar-refractivity contribution is 6.08. The molecule has 0 bridgehead atoms. The van der Waals surface area contributed by atoms with E-state index in [2.05, 4.69) is 15.2 Å². The van der Waals surface area contributed by atoms with Crippen LogP contribution >= 0.6 is 0 Å². The molecular formula is C18H23FN4O3. The summed E-state index contributed by atoms with van der Waals surface area (Å²) in [6.07, 6.45) is 0. The molecule has 0 unspecified atom stereocenters. The van der Waals surface area contributed by atoms with Crippen LogP contribution in [0.1, 0.15) is 18.5 Å². The van der Waals surface area contributed by atoms with Crippen LogP contribution in [0, 0.1) is 11.7 Å². The van der Waals surface area contributed by atoms with Gasteiger partial charge in [-0.3, -0.25) is 14.9 Å². The topological polar surface area (TPSA) is 74.2 Å². The average molecular weight is 362 g/mol. The maximum Gasteiger partial charge on any atom is 0.321 e. The number of hydrogen-bond donors (Lipinski definition) is 1. The number of esters is 1. The average Bonchev–Trinajstić information content (AvgIpc) is 2.62. The molecule has 2 heterocycles. The Hall–Kier alpha value is -2.48. The van der Waals surface area contributed by atoms with Crippen molar-refractivity contribution in [1.82, 2.24) is 15.1 Å². The van der Waals surface area contributed by atoms with Gasteiger partial charge in [-0.1, -0.05) is 12.1 Å². The summed E-state index contributed by atoms with van der Waals surface area (Å²) in [5.74, 6) is -2.08. The summed E-state index contributed by atoms with van der Waals surface area (Å²) in [6, 6.07) is 4.97. The second-order valence-electron chi connectivity index (χ2n) is 6.46. The van der Waals surface area contributed by atoms with E-state index in [-0.39, 0.29) is 12.4 Å². The van der Waals surface area contributed by atoms with Gasteiger partial charge in [0, 0.05) is 26.2 Å². The Morgan fingerprint density at radius 3 is 2.54 bits per heavy atom. The first kappa shape index (κ1) is 18.3. The number of nitrogens with one attached hydrogen (secondary N) is 1. The van der Waals surface area contributed by atoms with Gasteiger partial charge in [-0.25, -0.2) is 9.38 Å². The lowest BCUT2D eigenvalue weighted by Gasteiger charge is -2.37. The molecule has 1 aromatic carbocycles. The standard InChI is InChI=1S/C18H23FN4O3/c1-3-26-17(25)14-15(12-4-6-13(19)7-5-12)20-18(21-16(14)24)23-10-8-22(2)9-11-23/h4-7,14-15H,3,8-11H2,1-2H3,(H,20,21,24)/t14-,15+/m1/s1. The first-order chi connectivity index (χ1) is 12.5. The zero-order chi connectivity index (χ0) is 18.7. The number of piperazine rings is 1. The predicted molar refractivity (Wildman–Crippen MR) is 93.9 cm³/mol. The summed E-state index contributed by atoms with van der Waals surface area (Å²) in [5, 5.41) is 2.75. The number of rotatable bonds is 3. The number of nitrogens with zero attached hydrogens (tertiary/aromatic N) is 3. The van der Waals surface area contributed by atoms with Crippen LogP contribution in [0.15, 0.2) is 29.3 Å². The highest BCUT2D eigenvalue weighted by Crippen LogP contribution is 2.31. The Labute approximate surface area is 151 Å². The first-order valence-electron chi connectivity index (χ1n) is 8.74. The summed E-state index contributed by atoms with van der Waals surface area (Å²) >= 11 is 0. The van der Waals surface area contributed by atoms with Crippen LogP contribution in [0.5, 0.6) is 0 Å². The van der Waals surface area contributed by atoms with Crippen LogP contribution in [0.2, 0.25) is 0 Å². The SMILES string of the molecule is CCOC(=O)[C@H]1C(=O)NC(N2CCN(C)CC2)=N[C@H]1c1ccc(F)cc1. The molecule has 1 amide bonds. The number of guanidine groups is 1. The highest BCUT2D eigenvalue weighted by atomic mass is 19.1. The van der Waals surface area contributed by atoms with E-state index in [0.29, 0.717) is 11.5 Å². The number of ether oxygens (including phenoxy) is 1. The summed E-state index contributed by atoms with van der Waals surface area (Å²) in [7, 11) is 2.04. The monoisotopic (exact) mass is 362 g/mol. The molecule has 0 aromatic heterocycles. The lowest BCUT2D eigenvalue weighted by Crippen LogP contribution is -2.56. The molecule has 140 valence electrons. The summed E-state index contributed by atoms with van der Waals surface area (Å²) in [4.78, 5) is 33.8. The number of carbonyl (C=O) groups excluding carboxylic acids is 2. The third kappa shape index (κ3) is 3.85. The summed E-state index contributed by atoms with van der Waals surface area (Å²) in [6.45, 7) is 5.04. The van der Waals surface area contributed by atoms with Crippen LogP contribution in [0.3, 0.4) is 0 Å². The molecule has 0 aliphatic carbocycles. The number of aliphatic imine (C=N–C) groups is 1. The van der Waals surface area contributed by atoms with E-state index in [1.807, 2.05) is 11.9 Å². The quantitative estimate of drug-likeness (QED) is 0.635. The zero-order valence-corrected chi connectivity index (χ0v) is 14.9. The molecule has 2 aliphatic heterocycles. The van der Waals surface area contributed by atoms with Gasteiger partial charge in [0.25, 0.3) is 0 Å². The molecule has 7 nitrogen and oxygen atoms in total. The number of carbonyl (C=O) groups is 2. The van der Waals surface area contributed by atoms with Crippen molar-refractivity contribution in [1.29, 1.82) is 0 Å². The fourth-order valence-corrected chi connectivity index (χ4v) is 3.14. The van der Waals surface area contributed by atoms with Crippen LogP contribution in [0.4, 0.5) is 4.39 Å². The summed E-state index contributed by atoms with van der Waals surface area (Å²) < 4.78 is 18.4. The maximum absolute atomic E-state index is 13.3. The molecule has 26 heavy (non-hydrogen) atoms. The van der Waals surface area contributed by atoms with E-state index < -0.39 is 23.8 Å². The van der Waals surface area contributed by atoms with Crippen molar-refractivity contribution >= 4 is 17.8 Å². The number of likely N-dealkylation sites (N-methyl/N-ethyl adjacent to an activating group) is 1. The number of benzene rings is 1.